The lowest BCUT2D eigenvalue weighted by Crippen LogP contribution is -2.37. The Hall–Kier alpha value is -2.04. The summed E-state index contributed by atoms with van der Waals surface area (Å²) in [6.45, 7) is 4.16. The van der Waals surface area contributed by atoms with Crippen LogP contribution in [-0.4, -0.2) is 32.0 Å². The highest BCUT2D eigenvalue weighted by molar-refractivity contribution is 5.94. The summed E-state index contributed by atoms with van der Waals surface area (Å²) in [5.41, 5.74) is 1.76. The van der Waals surface area contributed by atoms with Crippen LogP contribution in [0.5, 0.6) is 0 Å². The molecule has 5 nitrogen and oxygen atoms in total. The highest BCUT2D eigenvalue weighted by Gasteiger charge is 2.14. The average Bonchev–Trinajstić information content (AvgIpc) is 3.15. The van der Waals surface area contributed by atoms with Crippen molar-refractivity contribution in [2.75, 3.05) is 20.1 Å². The SMILES string of the molecule is CCNC(=O)c1cccc(CNC(=NC)NCCCC2CCCC2)c1. The molecular weight excluding hydrogens is 312 g/mol. The van der Waals surface area contributed by atoms with Gasteiger partial charge < -0.3 is 16.0 Å². The van der Waals surface area contributed by atoms with Crippen LogP contribution in [0, 0.1) is 5.92 Å². The van der Waals surface area contributed by atoms with Crippen LogP contribution in [-0.2, 0) is 6.54 Å². The highest BCUT2D eigenvalue weighted by atomic mass is 16.1. The zero-order chi connectivity index (χ0) is 17.9. The predicted octanol–water partition coefficient (Wildman–Crippen LogP) is 3.07. The number of carbonyl (C=O) groups is 1. The molecule has 0 saturated heterocycles. The first-order valence-corrected chi connectivity index (χ1v) is 9.54. The summed E-state index contributed by atoms with van der Waals surface area (Å²) in [4.78, 5) is 16.2. The van der Waals surface area contributed by atoms with Gasteiger partial charge in [-0.05, 0) is 43.4 Å². The number of guanidine groups is 1. The van der Waals surface area contributed by atoms with Gasteiger partial charge in [0.15, 0.2) is 5.96 Å². The smallest absolute Gasteiger partial charge is 0.251 e. The van der Waals surface area contributed by atoms with Crippen LogP contribution in [0.15, 0.2) is 29.3 Å². The molecule has 3 N–H and O–H groups in total. The maximum Gasteiger partial charge on any atom is 0.251 e. The Balaban J connectivity index is 1.72. The average molecular weight is 345 g/mol. The van der Waals surface area contributed by atoms with Gasteiger partial charge in [-0.3, -0.25) is 9.79 Å². The number of carbonyl (C=O) groups excluding carboxylic acids is 1. The molecule has 0 atom stereocenters. The molecule has 5 heteroatoms. The Morgan fingerprint density at radius 2 is 2.00 bits per heavy atom. The van der Waals surface area contributed by atoms with E-state index in [1.807, 2.05) is 31.2 Å². The third-order valence-electron chi connectivity index (χ3n) is 4.77. The first kappa shape index (κ1) is 19.3. The van der Waals surface area contributed by atoms with Gasteiger partial charge in [0.2, 0.25) is 0 Å². The number of nitrogens with zero attached hydrogens (tertiary/aromatic N) is 1. The van der Waals surface area contributed by atoms with E-state index in [-0.39, 0.29) is 5.91 Å². The molecule has 1 saturated carbocycles. The second-order valence-electron chi connectivity index (χ2n) is 6.71. The van der Waals surface area contributed by atoms with Crippen molar-refractivity contribution in [2.45, 2.75) is 52.0 Å². The van der Waals surface area contributed by atoms with Crippen molar-refractivity contribution in [1.29, 1.82) is 0 Å². The Labute approximate surface area is 151 Å². The maximum atomic E-state index is 11.9. The van der Waals surface area contributed by atoms with Crippen LogP contribution in [0.1, 0.15) is 61.4 Å². The molecule has 0 aliphatic heterocycles. The molecule has 1 amide bonds. The van der Waals surface area contributed by atoms with Crippen molar-refractivity contribution < 1.29 is 4.79 Å². The van der Waals surface area contributed by atoms with E-state index in [2.05, 4.69) is 20.9 Å². The van der Waals surface area contributed by atoms with Gasteiger partial charge in [-0.2, -0.15) is 0 Å². The topological polar surface area (TPSA) is 65.5 Å². The molecule has 1 aromatic carbocycles. The molecule has 1 aliphatic carbocycles. The maximum absolute atomic E-state index is 11.9. The summed E-state index contributed by atoms with van der Waals surface area (Å²) in [6, 6.07) is 7.69. The molecule has 0 bridgehead atoms. The second kappa shape index (κ2) is 10.7. The molecule has 0 aromatic heterocycles. The van der Waals surface area contributed by atoms with Gasteiger partial charge in [0.05, 0.1) is 0 Å². The Morgan fingerprint density at radius 1 is 1.20 bits per heavy atom. The van der Waals surface area contributed by atoms with Gasteiger partial charge in [-0.15, -0.1) is 0 Å². The standard InChI is InChI=1S/C20H32N4O/c1-3-22-19(25)18-12-6-10-17(14-18)15-24-20(21-2)23-13-7-11-16-8-4-5-9-16/h6,10,12,14,16H,3-5,7-9,11,13,15H2,1-2H3,(H,22,25)(H2,21,23,24). The van der Waals surface area contributed by atoms with E-state index < -0.39 is 0 Å². The third kappa shape index (κ3) is 6.77. The molecular formula is C20H32N4O. The minimum atomic E-state index is -0.0289. The minimum Gasteiger partial charge on any atom is -0.356 e. The van der Waals surface area contributed by atoms with Gasteiger partial charge in [0, 0.05) is 32.2 Å². The molecule has 0 spiro atoms. The van der Waals surface area contributed by atoms with E-state index in [0.717, 1.165) is 24.0 Å². The van der Waals surface area contributed by atoms with E-state index in [1.165, 1.54) is 38.5 Å². The van der Waals surface area contributed by atoms with Gasteiger partial charge in [-0.1, -0.05) is 37.8 Å². The van der Waals surface area contributed by atoms with Crippen LogP contribution in [0.2, 0.25) is 0 Å². The lowest BCUT2D eigenvalue weighted by atomic mass is 10.0. The minimum absolute atomic E-state index is 0.0289. The molecule has 1 aliphatic rings. The zero-order valence-corrected chi connectivity index (χ0v) is 15.6. The van der Waals surface area contributed by atoms with Crippen LogP contribution in [0.4, 0.5) is 0 Å². The quantitative estimate of drug-likeness (QED) is 0.386. The zero-order valence-electron chi connectivity index (χ0n) is 15.6. The van der Waals surface area contributed by atoms with Crippen molar-refractivity contribution in [2.24, 2.45) is 10.9 Å². The molecule has 1 fully saturated rings. The molecule has 0 heterocycles. The van der Waals surface area contributed by atoms with E-state index in [4.69, 9.17) is 0 Å². The van der Waals surface area contributed by atoms with Crippen molar-refractivity contribution >= 4 is 11.9 Å². The van der Waals surface area contributed by atoms with E-state index in [0.29, 0.717) is 18.7 Å². The van der Waals surface area contributed by atoms with Crippen molar-refractivity contribution in [3.05, 3.63) is 35.4 Å². The molecule has 2 rings (SSSR count). The largest absolute Gasteiger partial charge is 0.356 e. The van der Waals surface area contributed by atoms with Crippen LogP contribution >= 0.6 is 0 Å². The fourth-order valence-electron chi connectivity index (χ4n) is 3.39. The molecule has 0 unspecified atom stereocenters. The first-order chi connectivity index (χ1) is 12.2. The van der Waals surface area contributed by atoms with Gasteiger partial charge in [0.1, 0.15) is 0 Å². The van der Waals surface area contributed by atoms with Gasteiger partial charge >= 0.3 is 0 Å². The highest BCUT2D eigenvalue weighted by Crippen LogP contribution is 2.28. The fraction of sp³-hybridized carbons (Fsp3) is 0.600. The second-order valence-corrected chi connectivity index (χ2v) is 6.71. The predicted molar refractivity (Wildman–Crippen MR) is 104 cm³/mol. The Bertz CT molecular complexity index is 565. The number of rotatable bonds is 8. The Kier molecular flexibility index (Phi) is 8.29. The summed E-state index contributed by atoms with van der Waals surface area (Å²) >= 11 is 0. The van der Waals surface area contributed by atoms with Crippen molar-refractivity contribution in [1.82, 2.24) is 16.0 Å². The number of benzene rings is 1. The monoisotopic (exact) mass is 344 g/mol. The van der Waals surface area contributed by atoms with Crippen molar-refractivity contribution in [3.8, 4) is 0 Å². The van der Waals surface area contributed by atoms with E-state index in [9.17, 15) is 4.79 Å². The van der Waals surface area contributed by atoms with Crippen molar-refractivity contribution in [3.63, 3.8) is 0 Å². The van der Waals surface area contributed by atoms with Gasteiger partial charge in [0.25, 0.3) is 5.91 Å². The van der Waals surface area contributed by atoms with Crippen LogP contribution < -0.4 is 16.0 Å². The van der Waals surface area contributed by atoms with E-state index in [1.54, 1.807) is 7.05 Å². The number of nitrogens with one attached hydrogen (secondary N) is 3. The first-order valence-electron chi connectivity index (χ1n) is 9.54. The molecule has 1 aromatic rings. The van der Waals surface area contributed by atoms with Gasteiger partial charge in [-0.25, -0.2) is 0 Å². The summed E-state index contributed by atoms with van der Waals surface area (Å²) < 4.78 is 0. The number of aliphatic imine (C=N–C) groups is 1. The summed E-state index contributed by atoms with van der Waals surface area (Å²) in [7, 11) is 1.79. The summed E-state index contributed by atoms with van der Waals surface area (Å²) in [5, 5.41) is 9.53. The third-order valence-corrected chi connectivity index (χ3v) is 4.77. The van der Waals surface area contributed by atoms with Crippen LogP contribution in [0.25, 0.3) is 0 Å². The van der Waals surface area contributed by atoms with E-state index >= 15 is 0 Å². The number of amides is 1. The normalized spacial score (nSPS) is 15.2. The number of hydrogen-bond donors (Lipinski definition) is 3. The summed E-state index contributed by atoms with van der Waals surface area (Å²) in [6.07, 6.45) is 8.16. The fourth-order valence-corrected chi connectivity index (χ4v) is 3.39. The summed E-state index contributed by atoms with van der Waals surface area (Å²) in [5.74, 6) is 1.72. The lowest BCUT2D eigenvalue weighted by Gasteiger charge is -2.13. The lowest BCUT2D eigenvalue weighted by molar-refractivity contribution is 0.0955. The Morgan fingerprint density at radius 3 is 2.72 bits per heavy atom. The molecule has 0 radical (unpaired) electrons. The number of hydrogen-bond acceptors (Lipinski definition) is 2. The molecule has 138 valence electrons. The molecule has 25 heavy (non-hydrogen) atoms. The van der Waals surface area contributed by atoms with Crippen LogP contribution in [0.3, 0.4) is 0 Å².